The van der Waals surface area contributed by atoms with Crippen molar-refractivity contribution < 1.29 is 9.47 Å². The Morgan fingerprint density at radius 1 is 1.07 bits per heavy atom. The first-order valence-corrected chi connectivity index (χ1v) is 4.94. The molecule has 0 aliphatic heterocycles. The van der Waals surface area contributed by atoms with Gasteiger partial charge in [0.05, 0.1) is 14.2 Å². The second-order valence-corrected chi connectivity index (χ2v) is 3.87. The van der Waals surface area contributed by atoms with Crippen LogP contribution in [0.1, 0.15) is 11.1 Å². The van der Waals surface area contributed by atoms with Crippen molar-refractivity contribution in [3.8, 4) is 11.5 Å². The third kappa shape index (κ3) is 2.86. The molecule has 0 bridgehead atoms. The molecule has 15 heavy (non-hydrogen) atoms. The summed E-state index contributed by atoms with van der Waals surface area (Å²) in [5.41, 5.74) is 2.49. The number of hydrogen-bond donors (Lipinski definition) is 0. The van der Waals surface area contributed by atoms with Crippen LogP contribution in [0.25, 0.3) is 0 Å². The number of nitrogens with zero attached hydrogens (tertiary/aromatic N) is 1. The fourth-order valence-corrected chi connectivity index (χ4v) is 1.53. The molecule has 0 heterocycles. The number of rotatable bonds is 4. The van der Waals surface area contributed by atoms with Crippen molar-refractivity contribution in [2.24, 2.45) is 0 Å². The fraction of sp³-hybridized carbons (Fsp3) is 0.500. The zero-order chi connectivity index (χ0) is 11.4. The van der Waals surface area contributed by atoms with Gasteiger partial charge in [0, 0.05) is 6.54 Å². The predicted molar refractivity (Wildman–Crippen MR) is 61.7 cm³/mol. The Hall–Kier alpha value is -1.22. The highest BCUT2D eigenvalue weighted by Gasteiger charge is 2.08. The van der Waals surface area contributed by atoms with E-state index >= 15 is 0 Å². The van der Waals surface area contributed by atoms with E-state index in [4.69, 9.17) is 9.47 Å². The first kappa shape index (κ1) is 11.9. The highest BCUT2D eigenvalue weighted by Crippen LogP contribution is 2.30. The van der Waals surface area contributed by atoms with Crippen LogP contribution in [0, 0.1) is 6.92 Å². The van der Waals surface area contributed by atoms with E-state index in [1.54, 1.807) is 14.2 Å². The number of benzene rings is 1. The first-order chi connectivity index (χ1) is 7.08. The van der Waals surface area contributed by atoms with Gasteiger partial charge >= 0.3 is 0 Å². The molecule has 0 aliphatic carbocycles. The van der Waals surface area contributed by atoms with Gasteiger partial charge in [-0.15, -0.1) is 0 Å². The van der Waals surface area contributed by atoms with Gasteiger partial charge in [-0.25, -0.2) is 0 Å². The van der Waals surface area contributed by atoms with Crippen LogP contribution in [-0.2, 0) is 6.54 Å². The molecule has 3 heteroatoms. The minimum Gasteiger partial charge on any atom is -0.493 e. The maximum absolute atomic E-state index is 5.27. The van der Waals surface area contributed by atoms with E-state index in [0.29, 0.717) is 0 Å². The number of aryl methyl sites for hydroxylation is 1. The summed E-state index contributed by atoms with van der Waals surface area (Å²) in [7, 11) is 7.42. The van der Waals surface area contributed by atoms with Gasteiger partial charge in [0.2, 0.25) is 0 Å². The van der Waals surface area contributed by atoms with Crippen LogP contribution >= 0.6 is 0 Å². The van der Waals surface area contributed by atoms with Crippen molar-refractivity contribution in [2.45, 2.75) is 13.5 Å². The van der Waals surface area contributed by atoms with Gasteiger partial charge in [-0.3, -0.25) is 0 Å². The summed E-state index contributed by atoms with van der Waals surface area (Å²) >= 11 is 0. The van der Waals surface area contributed by atoms with Crippen LogP contribution in [0.2, 0.25) is 0 Å². The Balaban J connectivity index is 3.08. The molecular weight excluding hydrogens is 190 g/mol. The van der Waals surface area contributed by atoms with Crippen LogP contribution < -0.4 is 9.47 Å². The van der Waals surface area contributed by atoms with Gasteiger partial charge in [0.25, 0.3) is 0 Å². The van der Waals surface area contributed by atoms with E-state index in [1.165, 1.54) is 11.1 Å². The largest absolute Gasteiger partial charge is 0.493 e. The highest BCUT2D eigenvalue weighted by atomic mass is 16.5. The molecule has 0 atom stereocenters. The lowest BCUT2D eigenvalue weighted by Gasteiger charge is -2.15. The monoisotopic (exact) mass is 209 g/mol. The number of ether oxygens (including phenoxy) is 2. The Morgan fingerprint density at radius 2 is 1.60 bits per heavy atom. The molecule has 0 aromatic heterocycles. The normalized spacial score (nSPS) is 10.5. The second-order valence-electron chi connectivity index (χ2n) is 3.87. The fourth-order valence-electron chi connectivity index (χ4n) is 1.53. The van der Waals surface area contributed by atoms with Gasteiger partial charge in [-0.05, 0) is 44.3 Å². The molecule has 0 saturated carbocycles. The van der Waals surface area contributed by atoms with E-state index in [-0.39, 0.29) is 0 Å². The molecule has 0 aliphatic rings. The summed E-state index contributed by atoms with van der Waals surface area (Å²) in [6.45, 7) is 2.99. The zero-order valence-corrected chi connectivity index (χ0v) is 10.1. The number of methoxy groups -OCH3 is 2. The average molecular weight is 209 g/mol. The van der Waals surface area contributed by atoms with Gasteiger partial charge in [0.1, 0.15) is 0 Å². The first-order valence-electron chi connectivity index (χ1n) is 4.94. The second kappa shape index (κ2) is 5.03. The lowest BCUT2D eigenvalue weighted by Crippen LogP contribution is -2.12. The molecule has 1 aromatic rings. The van der Waals surface area contributed by atoms with Crippen LogP contribution in [0.4, 0.5) is 0 Å². The quantitative estimate of drug-likeness (QED) is 0.757. The molecule has 0 radical (unpaired) electrons. The van der Waals surface area contributed by atoms with Crippen molar-refractivity contribution >= 4 is 0 Å². The van der Waals surface area contributed by atoms with Crippen molar-refractivity contribution in [1.82, 2.24) is 4.90 Å². The van der Waals surface area contributed by atoms with E-state index in [9.17, 15) is 0 Å². The molecule has 1 rings (SSSR count). The summed E-state index contributed by atoms with van der Waals surface area (Å²) in [6.07, 6.45) is 0. The lowest BCUT2D eigenvalue weighted by molar-refractivity contribution is 0.351. The predicted octanol–water partition coefficient (Wildman–Crippen LogP) is 2.07. The van der Waals surface area contributed by atoms with E-state index in [0.717, 1.165) is 18.0 Å². The summed E-state index contributed by atoms with van der Waals surface area (Å²) in [6, 6.07) is 4.05. The zero-order valence-electron chi connectivity index (χ0n) is 10.1. The summed E-state index contributed by atoms with van der Waals surface area (Å²) in [5, 5.41) is 0. The standard InChI is InChI=1S/C12H19NO2/c1-9-6-11(14-4)12(15-5)7-10(9)8-13(2)3/h6-7H,8H2,1-5H3. The highest BCUT2D eigenvalue weighted by molar-refractivity contribution is 5.46. The summed E-state index contributed by atoms with van der Waals surface area (Å²) in [4.78, 5) is 2.13. The molecule has 0 fully saturated rings. The van der Waals surface area contributed by atoms with Crippen molar-refractivity contribution in [2.75, 3.05) is 28.3 Å². The third-order valence-electron chi connectivity index (χ3n) is 2.33. The topological polar surface area (TPSA) is 21.7 Å². The average Bonchev–Trinajstić information content (AvgIpc) is 2.19. The molecule has 0 spiro atoms. The SMILES string of the molecule is COc1cc(C)c(CN(C)C)cc1OC. The molecular formula is C12H19NO2. The van der Waals surface area contributed by atoms with Gasteiger partial charge < -0.3 is 14.4 Å². The maximum Gasteiger partial charge on any atom is 0.161 e. The van der Waals surface area contributed by atoms with E-state index in [1.807, 2.05) is 12.1 Å². The van der Waals surface area contributed by atoms with Crippen LogP contribution in [0.3, 0.4) is 0 Å². The van der Waals surface area contributed by atoms with Gasteiger partial charge in [-0.2, -0.15) is 0 Å². The van der Waals surface area contributed by atoms with Crippen molar-refractivity contribution in [3.63, 3.8) is 0 Å². The molecule has 84 valence electrons. The van der Waals surface area contributed by atoms with Crippen LogP contribution in [0.5, 0.6) is 11.5 Å². The Labute approximate surface area is 91.6 Å². The Kier molecular flexibility index (Phi) is 3.97. The number of hydrogen-bond acceptors (Lipinski definition) is 3. The Bertz CT molecular complexity index is 335. The lowest BCUT2D eigenvalue weighted by atomic mass is 10.1. The van der Waals surface area contributed by atoms with Crippen LogP contribution in [-0.4, -0.2) is 33.2 Å². The van der Waals surface area contributed by atoms with E-state index < -0.39 is 0 Å². The van der Waals surface area contributed by atoms with E-state index in [2.05, 4.69) is 25.9 Å². The Morgan fingerprint density at radius 3 is 2.07 bits per heavy atom. The maximum atomic E-state index is 5.27. The van der Waals surface area contributed by atoms with Gasteiger partial charge in [0.15, 0.2) is 11.5 Å². The van der Waals surface area contributed by atoms with Crippen LogP contribution in [0.15, 0.2) is 12.1 Å². The summed E-state index contributed by atoms with van der Waals surface area (Å²) in [5.74, 6) is 1.58. The van der Waals surface area contributed by atoms with Gasteiger partial charge in [-0.1, -0.05) is 0 Å². The minimum absolute atomic E-state index is 0.789. The molecule has 0 N–H and O–H groups in total. The van der Waals surface area contributed by atoms with Crippen molar-refractivity contribution in [3.05, 3.63) is 23.3 Å². The molecule has 0 unspecified atom stereocenters. The molecule has 3 nitrogen and oxygen atoms in total. The minimum atomic E-state index is 0.789. The summed E-state index contributed by atoms with van der Waals surface area (Å²) < 4.78 is 10.5. The third-order valence-corrected chi connectivity index (χ3v) is 2.33. The molecule has 1 aromatic carbocycles. The molecule has 0 amide bonds. The molecule has 0 saturated heterocycles. The smallest absolute Gasteiger partial charge is 0.161 e. The van der Waals surface area contributed by atoms with Crippen molar-refractivity contribution in [1.29, 1.82) is 0 Å².